The van der Waals surface area contributed by atoms with Crippen LogP contribution in [0.1, 0.15) is 18.1 Å². The molecule has 23 heavy (non-hydrogen) atoms. The highest BCUT2D eigenvalue weighted by Gasteiger charge is 2.06. The number of nitrogens with zero attached hydrogens (tertiary/aromatic N) is 2. The summed E-state index contributed by atoms with van der Waals surface area (Å²) in [5.41, 5.74) is 4.25. The quantitative estimate of drug-likeness (QED) is 0.523. The number of hydrazone groups is 1. The number of non-ortho nitro benzene ring substituents is 1. The van der Waals surface area contributed by atoms with E-state index in [1.54, 1.807) is 19.1 Å². The number of nitrogens with one attached hydrogen (secondary N) is 1. The van der Waals surface area contributed by atoms with Gasteiger partial charge in [0.2, 0.25) is 5.91 Å². The fourth-order valence-corrected chi connectivity index (χ4v) is 1.86. The number of nitro groups is 1. The maximum atomic E-state index is 12.8. The Labute approximate surface area is 131 Å². The van der Waals surface area contributed by atoms with Gasteiger partial charge in [-0.05, 0) is 42.3 Å². The van der Waals surface area contributed by atoms with Crippen molar-refractivity contribution in [3.63, 3.8) is 0 Å². The summed E-state index contributed by atoms with van der Waals surface area (Å²) in [5.74, 6) is -0.695. The zero-order valence-electron chi connectivity index (χ0n) is 12.3. The van der Waals surface area contributed by atoms with Gasteiger partial charge in [0.1, 0.15) is 5.82 Å². The number of carbonyl (C=O) groups excluding carboxylic acids is 1. The fourth-order valence-electron chi connectivity index (χ4n) is 1.86. The molecular formula is C16H14FN3O3. The first-order valence-corrected chi connectivity index (χ1v) is 6.78. The van der Waals surface area contributed by atoms with Crippen LogP contribution < -0.4 is 5.43 Å². The number of hydrogen-bond donors (Lipinski definition) is 1. The third-order valence-electron chi connectivity index (χ3n) is 3.12. The Morgan fingerprint density at radius 3 is 2.35 bits per heavy atom. The van der Waals surface area contributed by atoms with E-state index in [4.69, 9.17) is 0 Å². The van der Waals surface area contributed by atoms with Gasteiger partial charge in [-0.1, -0.05) is 12.1 Å². The van der Waals surface area contributed by atoms with Crippen LogP contribution in [-0.4, -0.2) is 16.5 Å². The largest absolute Gasteiger partial charge is 0.273 e. The first-order chi connectivity index (χ1) is 11.0. The molecule has 2 aromatic carbocycles. The van der Waals surface area contributed by atoms with Crippen molar-refractivity contribution in [2.45, 2.75) is 13.3 Å². The maximum absolute atomic E-state index is 12.8. The molecule has 0 aliphatic rings. The number of carbonyl (C=O) groups is 1. The Morgan fingerprint density at radius 1 is 1.17 bits per heavy atom. The van der Waals surface area contributed by atoms with Crippen molar-refractivity contribution >= 4 is 17.3 Å². The van der Waals surface area contributed by atoms with Crippen LogP contribution in [0.15, 0.2) is 53.6 Å². The Hall–Kier alpha value is -3.09. The Balaban J connectivity index is 1.96. The van der Waals surface area contributed by atoms with Crippen molar-refractivity contribution in [2.24, 2.45) is 5.10 Å². The lowest BCUT2D eigenvalue weighted by Gasteiger charge is -2.03. The predicted octanol–water partition coefficient (Wildman–Crippen LogP) is 2.82. The summed E-state index contributed by atoms with van der Waals surface area (Å²) in [7, 11) is 0. The maximum Gasteiger partial charge on any atom is 0.269 e. The third kappa shape index (κ3) is 4.70. The van der Waals surface area contributed by atoms with Gasteiger partial charge >= 0.3 is 0 Å². The minimum absolute atomic E-state index is 0.0121. The van der Waals surface area contributed by atoms with Gasteiger partial charge in [0.15, 0.2) is 0 Å². The van der Waals surface area contributed by atoms with Crippen molar-refractivity contribution < 1.29 is 14.1 Å². The molecule has 1 amide bonds. The SMILES string of the molecule is C/C(=N\NC(=O)Cc1ccc(F)cc1)c1ccc([N+](=O)[O-])cc1. The summed E-state index contributed by atoms with van der Waals surface area (Å²) < 4.78 is 12.8. The molecule has 2 rings (SSSR count). The molecule has 118 valence electrons. The summed E-state index contributed by atoms with van der Waals surface area (Å²) in [6.07, 6.45) is 0.0807. The lowest BCUT2D eigenvalue weighted by molar-refractivity contribution is -0.384. The van der Waals surface area contributed by atoms with Gasteiger partial charge in [0.05, 0.1) is 17.1 Å². The molecule has 0 unspecified atom stereocenters. The van der Waals surface area contributed by atoms with Gasteiger partial charge < -0.3 is 0 Å². The molecule has 0 aliphatic heterocycles. The van der Waals surface area contributed by atoms with E-state index in [1.807, 2.05) is 0 Å². The van der Waals surface area contributed by atoms with Crippen molar-refractivity contribution in [1.29, 1.82) is 0 Å². The van der Waals surface area contributed by atoms with Crippen LogP contribution in [-0.2, 0) is 11.2 Å². The molecule has 0 saturated heterocycles. The monoisotopic (exact) mass is 315 g/mol. The molecule has 0 aliphatic carbocycles. The topological polar surface area (TPSA) is 84.6 Å². The highest BCUT2D eigenvalue weighted by atomic mass is 19.1. The molecule has 0 heterocycles. The molecule has 2 aromatic rings. The normalized spacial score (nSPS) is 11.1. The van der Waals surface area contributed by atoms with Crippen LogP contribution in [0.2, 0.25) is 0 Å². The standard InChI is InChI=1S/C16H14FN3O3/c1-11(13-4-8-15(9-5-13)20(22)23)18-19-16(21)10-12-2-6-14(17)7-3-12/h2-9H,10H2,1H3,(H,19,21)/b18-11+. The molecule has 0 radical (unpaired) electrons. The van der Waals surface area contributed by atoms with Crippen LogP contribution in [0, 0.1) is 15.9 Å². The van der Waals surface area contributed by atoms with Gasteiger partial charge in [0.25, 0.3) is 5.69 Å². The highest BCUT2D eigenvalue weighted by Crippen LogP contribution is 2.12. The lowest BCUT2D eigenvalue weighted by Crippen LogP contribution is -2.21. The fraction of sp³-hybridized carbons (Fsp3) is 0.125. The first-order valence-electron chi connectivity index (χ1n) is 6.78. The number of amides is 1. The van der Waals surface area contributed by atoms with Gasteiger partial charge in [-0.15, -0.1) is 0 Å². The molecule has 6 nitrogen and oxygen atoms in total. The first kappa shape index (κ1) is 16.3. The van der Waals surface area contributed by atoms with E-state index in [0.29, 0.717) is 16.8 Å². The molecular weight excluding hydrogens is 301 g/mol. The second kappa shape index (κ2) is 7.26. The summed E-state index contributed by atoms with van der Waals surface area (Å²) in [6, 6.07) is 11.5. The summed E-state index contributed by atoms with van der Waals surface area (Å²) in [6.45, 7) is 1.68. The van der Waals surface area contributed by atoms with Crippen LogP contribution >= 0.6 is 0 Å². The Bertz CT molecular complexity index is 740. The van der Waals surface area contributed by atoms with Crippen molar-refractivity contribution in [3.05, 3.63) is 75.6 Å². The average Bonchev–Trinajstić information content (AvgIpc) is 2.55. The minimum Gasteiger partial charge on any atom is -0.273 e. The van der Waals surface area contributed by atoms with Gasteiger partial charge in [0, 0.05) is 12.1 Å². The van der Waals surface area contributed by atoms with E-state index >= 15 is 0 Å². The van der Waals surface area contributed by atoms with E-state index in [2.05, 4.69) is 10.5 Å². The number of halogens is 1. The van der Waals surface area contributed by atoms with Gasteiger partial charge in [-0.3, -0.25) is 14.9 Å². The van der Waals surface area contributed by atoms with Crippen molar-refractivity contribution in [1.82, 2.24) is 5.43 Å². The van der Waals surface area contributed by atoms with Gasteiger partial charge in [-0.25, -0.2) is 9.82 Å². The van der Waals surface area contributed by atoms with Crippen LogP contribution in [0.25, 0.3) is 0 Å². The number of benzene rings is 2. The van der Waals surface area contributed by atoms with Crippen LogP contribution in [0.3, 0.4) is 0 Å². The number of hydrogen-bond acceptors (Lipinski definition) is 4. The molecule has 7 heteroatoms. The van der Waals surface area contributed by atoms with Crippen LogP contribution in [0.4, 0.5) is 10.1 Å². The smallest absolute Gasteiger partial charge is 0.269 e. The lowest BCUT2D eigenvalue weighted by atomic mass is 10.1. The zero-order chi connectivity index (χ0) is 16.8. The number of nitro benzene ring substituents is 1. The summed E-state index contributed by atoms with van der Waals surface area (Å²) in [4.78, 5) is 21.9. The number of rotatable bonds is 5. The summed E-state index contributed by atoms with van der Waals surface area (Å²) in [5, 5.41) is 14.5. The van der Waals surface area contributed by atoms with Crippen LogP contribution in [0.5, 0.6) is 0 Å². The van der Waals surface area contributed by atoms with Gasteiger partial charge in [-0.2, -0.15) is 5.10 Å². The average molecular weight is 315 g/mol. The van der Waals surface area contributed by atoms with Crippen molar-refractivity contribution in [3.8, 4) is 0 Å². The second-order valence-corrected chi connectivity index (χ2v) is 4.84. The van der Waals surface area contributed by atoms with E-state index in [1.165, 1.54) is 36.4 Å². The summed E-state index contributed by atoms with van der Waals surface area (Å²) >= 11 is 0. The van der Waals surface area contributed by atoms with E-state index in [9.17, 15) is 19.3 Å². The zero-order valence-corrected chi connectivity index (χ0v) is 12.3. The Kier molecular flexibility index (Phi) is 5.14. The molecule has 1 N–H and O–H groups in total. The highest BCUT2D eigenvalue weighted by molar-refractivity contribution is 5.99. The molecule has 0 saturated carbocycles. The van der Waals surface area contributed by atoms with E-state index < -0.39 is 4.92 Å². The Morgan fingerprint density at radius 2 is 1.78 bits per heavy atom. The molecule has 0 atom stereocenters. The molecule has 0 spiro atoms. The van der Waals surface area contributed by atoms with E-state index in [-0.39, 0.29) is 23.8 Å². The third-order valence-corrected chi connectivity index (χ3v) is 3.12. The molecule has 0 aromatic heterocycles. The molecule has 0 bridgehead atoms. The van der Waals surface area contributed by atoms with E-state index in [0.717, 1.165) is 0 Å². The van der Waals surface area contributed by atoms with Crippen molar-refractivity contribution in [2.75, 3.05) is 0 Å². The minimum atomic E-state index is -0.485. The molecule has 0 fully saturated rings. The predicted molar refractivity (Wildman–Crippen MR) is 83.6 cm³/mol. The second-order valence-electron chi connectivity index (χ2n) is 4.84.